The molecular formula is C21H24O5. The lowest BCUT2D eigenvalue weighted by atomic mass is 9.57. The molecule has 6 atom stereocenters. The maximum Gasteiger partial charge on any atom is 0.160 e. The van der Waals surface area contributed by atoms with Gasteiger partial charge in [0.15, 0.2) is 6.29 Å². The third-order valence-corrected chi connectivity index (χ3v) is 5.54. The zero-order chi connectivity index (χ0) is 18.1. The molecular weight excluding hydrogens is 332 g/mol. The van der Waals surface area contributed by atoms with Gasteiger partial charge in [0.1, 0.15) is 11.7 Å². The van der Waals surface area contributed by atoms with Crippen LogP contribution in [0.3, 0.4) is 0 Å². The fourth-order valence-corrected chi connectivity index (χ4v) is 4.18. The molecule has 2 N–H and O–H groups in total. The highest BCUT2D eigenvalue weighted by molar-refractivity contribution is 5.34. The molecule has 0 amide bonds. The Labute approximate surface area is 153 Å². The Bertz CT molecular complexity index is 722. The van der Waals surface area contributed by atoms with E-state index < -0.39 is 36.1 Å². The summed E-state index contributed by atoms with van der Waals surface area (Å²) in [4.78, 5) is 0. The van der Waals surface area contributed by atoms with Crippen LogP contribution in [0.1, 0.15) is 23.5 Å². The molecule has 1 heterocycles. The molecule has 0 radical (unpaired) electrons. The fourth-order valence-electron chi connectivity index (χ4n) is 4.18. The second-order valence-electron chi connectivity index (χ2n) is 7.01. The summed E-state index contributed by atoms with van der Waals surface area (Å²) in [5.74, 6) is -0.452. The number of hydrogen-bond acceptors (Lipinski definition) is 5. The van der Waals surface area contributed by atoms with Gasteiger partial charge in [-0.3, -0.25) is 0 Å². The molecule has 3 unspecified atom stereocenters. The molecule has 0 aromatic heterocycles. The molecule has 2 aliphatic rings. The Morgan fingerprint density at radius 3 is 2.38 bits per heavy atom. The lowest BCUT2D eigenvalue weighted by Crippen LogP contribution is -2.77. The van der Waals surface area contributed by atoms with Crippen LogP contribution in [0.4, 0.5) is 0 Å². The van der Waals surface area contributed by atoms with E-state index in [1.807, 2.05) is 60.7 Å². The van der Waals surface area contributed by atoms with Crippen LogP contribution in [0.5, 0.6) is 0 Å². The van der Waals surface area contributed by atoms with Gasteiger partial charge in [-0.05, 0) is 11.1 Å². The van der Waals surface area contributed by atoms with Gasteiger partial charge in [0.25, 0.3) is 0 Å². The van der Waals surface area contributed by atoms with Crippen LogP contribution < -0.4 is 0 Å². The first kappa shape index (κ1) is 17.6. The minimum atomic E-state index is -1.29. The van der Waals surface area contributed by atoms with E-state index in [0.717, 1.165) is 11.1 Å². The third kappa shape index (κ3) is 2.86. The lowest BCUT2D eigenvalue weighted by Gasteiger charge is -2.61. The van der Waals surface area contributed by atoms with Gasteiger partial charge in [0, 0.05) is 19.4 Å². The monoisotopic (exact) mass is 356 g/mol. The van der Waals surface area contributed by atoms with Crippen molar-refractivity contribution < 1.29 is 24.4 Å². The van der Waals surface area contributed by atoms with Gasteiger partial charge < -0.3 is 24.4 Å². The highest BCUT2D eigenvalue weighted by Gasteiger charge is 2.69. The Hall–Kier alpha value is -1.76. The minimum absolute atomic E-state index is 0.384. The molecule has 5 heteroatoms. The molecule has 26 heavy (non-hydrogen) atoms. The van der Waals surface area contributed by atoms with E-state index in [1.54, 1.807) is 7.11 Å². The van der Waals surface area contributed by atoms with Gasteiger partial charge in [0.05, 0.1) is 18.8 Å². The predicted octanol–water partition coefficient (Wildman–Crippen LogP) is 2.22. The topological polar surface area (TPSA) is 68.2 Å². The summed E-state index contributed by atoms with van der Waals surface area (Å²) in [6.45, 7) is 0.384. The van der Waals surface area contributed by atoms with Crippen LogP contribution in [-0.2, 0) is 20.8 Å². The number of hydrogen-bond donors (Lipinski definition) is 2. The smallest absolute Gasteiger partial charge is 0.160 e. The third-order valence-electron chi connectivity index (χ3n) is 5.54. The van der Waals surface area contributed by atoms with Crippen molar-refractivity contribution in [1.82, 2.24) is 0 Å². The molecule has 138 valence electrons. The first-order valence-corrected chi connectivity index (χ1v) is 8.93. The van der Waals surface area contributed by atoms with Gasteiger partial charge >= 0.3 is 0 Å². The van der Waals surface area contributed by atoms with Crippen LogP contribution in [0.25, 0.3) is 0 Å². The highest BCUT2D eigenvalue weighted by atomic mass is 16.7. The molecule has 0 spiro atoms. The van der Waals surface area contributed by atoms with Gasteiger partial charge in [-0.25, -0.2) is 0 Å². The molecule has 2 aromatic carbocycles. The lowest BCUT2D eigenvalue weighted by molar-refractivity contribution is -0.363. The minimum Gasteiger partial charge on any atom is -0.390 e. The Kier molecular flexibility index (Phi) is 4.82. The molecule has 1 saturated carbocycles. The zero-order valence-corrected chi connectivity index (χ0v) is 14.7. The van der Waals surface area contributed by atoms with Crippen LogP contribution in [0, 0.1) is 0 Å². The Morgan fingerprint density at radius 2 is 1.73 bits per heavy atom. The summed E-state index contributed by atoms with van der Waals surface area (Å²) in [6.07, 6.45) is -2.13. The molecule has 1 aliphatic heterocycles. The quantitative estimate of drug-likeness (QED) is 0.860. The van der Waals surface area contributed by atoms with Gasteiger partial charge in [0.2, 0.25) is 0 Å². The molecule has 0 bridgehead atoms. The van der Waals surface area contributed by atoms with Crippen molar-refractivity contribution in [1.29, 1.82) is 0 Å². The number of rotatable bonds is 5. The number of fused-ring (bicyclic) bond motifs is 1. The van der Waals surface area contributed by atoms with Crippen molar-refractivity contribution in [3.05, 3.63) is 71.8 Å². The van der Waals surface area contributed by atoms with Crippen LogP contribution >= 0.6 is 0 Å². The van der Waals surface area contributed by atoms with Crippen LogP contribution in [0.2, 0.25) is 0 Å². The fraction of sp³-hybridized carbons (Fsp3) is 0.429. The maximum atomic E-state index is 11.5. The maximum absolute atomic E-state index is 11.5. The van der Waals surface area contributed by atoms with Crippen LogP contribution in [0.15, 0.2) is 60.7 Å². The Balaban J connectivity index is 1.59. The number of benzene rings is 2. The largest absolute Gasteiger partial charge is 0.390 e. The first-order valence-electron chi connectivity index (χ1n) is 8.93. The second kappa shape index (κ2) is 7.10. The van der Waals surface area contributed by atoms with E-state index in [0.29, 0.717) is 13.0 Å². The molecule has 1 aliphatic carbocycles. The Morgan fingerprint density at radius 1 is 1.08 bits per heavy atom. The van der Waals surface area contributed by atoms with E-state index in [-0.39, 0.29) is 0 Å². The van der Waals surface area contributed by atoms with E-state index in [9.17, 15) is 10.2 Å². The molecule has 2 aromatic rings. The molecule has 2 fully saturated rings. The summed E-state index contributed by atoms with van der Waals surface area (Å²) in [6, 6.07) is 19.4. The molecule has 5 nitrogen and oxygen atoms in total. The second-order valence-corrected chi connectivity index (χ2v) is 7.01. The van der Waals surface area contributed by atoms with Crippen molar-refractivity contribution in [3.63, 3.8) is 0 Å². The normalized spacial score (nSPS) is 36.2. The summed E-state index contributed by atoms with van der Waals surface area (Å²) in [5, 5.41) is 22.1. The SMILES string of the molecule is COC1C[C@@H](OCc2ccccc2)[C@@]2(O)C(c3ccccc3)C(O)[C@H]2O1. The average Bonchev–Trinajstić information content (AvgIpc) is 2.68. The van der Waals surface area contributed by atoms with Gasteiger partial charge in [-0.1, -0.05) is 60.7 Å². The number of aliphatic hydroxyl groups excluding tert-OH is 1. The van der Waals surface area contributed by atoms with Crippen molar-refractivity contribution >= 4 is 0 Å². The summed E-state index contributed by atoms with van der Waals surface area (Å²) in [7, 11) is 1.56. The van der Waals surface area contributed by atoms with E-state index in [2.05, 4.69) is 0 Å². The van der Waals surface area contributed by atoms with Crippen molar-refractivity contribution in [2.24, 2.45) is 0 Å². The van der Waals surface area contributed by atoms with E-state index in [1.165, 1.54) is 0 Å². The van der Waals surface area contributed by atoms with E-state index >= 15 is 0 Å². The molecule has 1 saturated heterocycles. The van der Waals surface area contributed by atoms with Crippen molar-refractivity contribution in [2.45, 2.75) is 49.1 Å². The number of aliphatic hydroxyl groups is 2. The highest BCUT2D eigenvalue weighted by Crippen LogP contribution is 2.54. The van der Waals surface area contributed by atoms with Gasteiger partial charge in [-0.2, -0.15) is 0 Å². The number of methoxy groups -OCH3 is 1. The van der Waals surface area contributed by atoms with E-state index in [4.69, 9.17) is 14.2 Å². The van der Waals surface area contributed by atoms with Crippen molar-refractivity contribution in [2.75, 3.05) is 7.11 Å². The summed E-state index contributed by atoms with van der Waals surface area (Å²) >= 11 is 0. The van der Waals surface area contributed by atoms with Crippen molar-refractivity contribution in [3.8, 4) is 0 Å². The molecule has 4 rings (SSSR count). The summed E-state index contributed by atoms with van der Waals surface area (Å²) < 4.78 is 17.2. The zero-order valence-electron chi connectivity index (χ0n) is 14.7. The standard InChI is InChI=1S/C21H24O5/c1-24-17-12-16(25-13-14-8-4-2-5-9-14)21(23)18(19(22)20(21)26-17)15-10-6-3-7-11-15/h2-11,16-20,22-23H,12-13H2,1H3/t16-,17?,18?,19?,20-,21-/m1/s1. The average molecular weight is 356 g/mol. The predicted molar refractivity (Wildman–Crippen MR) is 95.4 cm³/mol. The van der Waals surface area contributed by atoms with Gasteiger partial charge in [-0.15, -0.1) is 0 Å². The summed E-state index contributed by atoms with van der Waals surface area (Å²) in [5.41, 5.74) is 0.626. The first-order chi connectivity index (χ1) is 12.6. The number of ether oxygens (including phenoxy) is 3. The van der Waals surface area contributed by atoms with Crippen LogP contribution in [-0.4, -0.2) is 47.5 Å².